The van der Waals surface area contributed by atoms with Crippen LogP contribution >= 0.6 is 0 Å². The van der Waals surface area contributed by atoms with E-state index in [4.69, 9.17) is 5.73 Å². The second-order valence-electron chi connectivity index (χ2n) is 3.49. The Morgan fingerprint density at radius 1 is 1.50 bits per heavy atom. The molecule has 0 atom stereocenters. The molecule has 14 heavy (non-hydrogen) atoms. The van der Waals surface area contributed by atoms with Gasteiger partial charge in [-0.1, -0.05) is 5.16 Å². The van der Waals surface area contributed by atoms with E-state index in [1.54, 1.807) is 11.8 Å². The first kappa shape index (κ1) is 11.0. The molecule has 2 N–H and O–H groups in total. The van der Waals surface area contributed by atoms with Crippen LogP contribution in [0.25, 0.3) is 0 Å². The molecular formula is C9H17N3O2. The van der Waals surface area contributed by atoms with Crippen LogP contribution in [0.4, 0.5) is 0 Å². The first-order valence-electron chi connectivity index (χ1n) is 4.77. The molecule has 0 aromatic rings. The Balaban J connectivity index is 2.49. The largest absolute Gasteiger partial charge is 0.399 e. The number of piperidine rings is 1. The van der Waals surface area contributed by atoms with Gasteiger partial charge in [-0.2, -0.15) is 0 Å². The number of nitrogens with two attached hydrogens (primary N) is 1. The number of nitrogens with zero attached hydrogens (tertiary/aromatic N) is 2. The van der Waals surface area contributed by atoms with E-state index in [-0.39, 0.29) is 11.9 Å². The van der Waals surface area contributed by atoms with Crippen molar-refractivity contribution in [1.82, 2.24) is 4.90 Å². The van der Waals surface area contributed by atoms with Gasteiger partial charge >= 0.3 is 0 Å². The molecule has 5 heteroatoms. The van der Waals surface area contributed by atoms with Gasteiger partial charge in [0.2, 0.25) is 0 Å². The third kappa shape index (κ3) is 2.70. The van der Waals surface area contributed by atoms with E-state index in [0.29, 0.717) is 5.71 Å². The number of likely N-dealkylation sites (tertiary alicyclic amines) is 1. The van der Waals surface area contributed by atoms with Crippen molar-refractivity contribution in [2.75, 3.05) is 20.2 Å². The summed E-state index contributed by atoms with van der Waals surface area (Å²) < 4.78 is 0. The monoisotopic (exact) mass is 199 g/mol. The van der Waals surface area contributed by atoms with E-state index in [2.05, 4.69) is 9.99 Å². The highest BCUT2D eigenvalue weighted by Crippen LogP contribution is 2.08. The number of hydrogen-bond acceptors (Lipinski definition) is 4. The van der Waals surface area contributed by atoms with Gasteiger partial charge in [0.25, 0.3) is 5.91 Å². The molecule has 1 aliphatic heterocycles. The van der Waals surface area contributed by atoms with Crippen molar-refractivity contribution in [3.8, 4) is 0 Å². The average molecular weight is 199 g/mol. The number of hydrogen-bond donors (Lipinski definition) is 1. The van der Waals surface area contributed by atoms with Gasteiger partial charge in [-0.05, 0) is 19.8 Å². The van der Waals surface area contributed by atoms with Crippen LogP contribution in [-0.2, 0) is 9.63 Å². The molecule has 0 aromatic carbocycles. The highest BCUT2D eigenvalue weighted by Gasteiger charge is 2.22. The third-order valence-electron chi connectivity index (χ3n) is 2.36. The predicted molar refractivity (Wildman–Crippen MR) is 53.9 cm³/mol. The van der Waals surface area contributed by atoms with E-state index in [0.717, 1.165) is 25.9 Å². The van der Waals surface area contributed by atoms with Gasteiger partial charge in [-0.25, -0.2) is 0 Å². The fourth-order valence-electron chi connectivity index (χ4n) is 1.51. The molecule has 0 radical (unpaired) electrons. The Morgan fingerprint density at radius 3 is 2.57 bits per heavy atom. The maximum Gasteiger partial charge on any atom is 0.271 e. The zero-order valence-corrected chi connectivity index (χ0v) is 8.69. The van der Waals surface area contributed by atoms with E-state index < -0.39 is 0 Å². The van der Waals surface area contributed by atoms with Crippen LogP contribution in [0.2, 0.25) is 0 Å². The Hall–Kier alpha value is -1.10. The predicted octanol–water partition coefficient (Wildman–Crippen LogP) is -0.0416. The van der Waals surface area contributed by atoms with Crippen LogP contribution in [0, 0.1) is 0 Å². The quantitative estimate of drug-likeness (QED) is 0.501. The molecule has 0 spiro atoms. The van der Waals surface area contributed by atoms with Crippen LogP contribution in [0.3, 0.4) is 0 Å². The van der Waals surface area contributed by atoms with Crippen LogP contribution in [0.15, 0.2) is 5.16 Å². The van der Waals surface area contributed by atoms with Crippen molar-refractivity contribution in [2.45, 2.75) is 25.8 Å². The summed E-state index contributed by atoms with van der Waals surface area (Å²) in [5.74, 6) is -0.0567. The number of carbonyl (C=O) groups excluding carboxylic acids is 1. The highest BCUT2D eigenvalue weighted by molar-refractivity contribution is 6.37. The van der Waals surface area contributed by atoms with Gasteiger partial charge in [0, 0.05) is 19.1 Å². The van der Waals surface area contributed by atoms with E-state index in [9.17, 15) is 4.79 Å². The SMILES string of the molecule is CON=C(C)C(=O)N1CCC(N)CC1. The van der Waals surface area contributed by atoms with Gasteiger partial charge in [-0.3, -0.25) is 4.79 Å². The summed E-state index contributed by atoms with van der Waals surface area (Å²) in [5.41, 5.74) is 6.13. The summed E-state index contributed by atoms with van der Waals surface area (Å²) in [7, 11) is 1.43. The van der Waals surface area contributed by atoms with Gasteiger partial charge in [0.1, 0.15) is 12.8 Å². The summed E-state index contributed by atoms with van der Waals surface area (Å²) in [5, 5.41) is 3.61. The Morgan fingerprint density at radius 2 is 2.07 bits per heavy atom. The van der Waals surface area contributed by atoms with Crippen molar-refractivity contribution in [1.29, 1.82) is 0 Å². The van der Waals surface area contributed by atoms with Crippen LogP contribution in [0.5, 0.6) is 0 Å². The fourth-order valence-corrected chi connectivity index (χ4v) is 1.51. The molecule has 1 aliphatic rings. The summed E-state index contributed by atoms with van der Waals surface area (Å²) in [6, 6.07) is 0.235. The number of carbonyl (C=O) groups is 1. The molecule has 0 aromatic heterocycles. The molecular weight excluding hydrogens is 182 g/mol. The Bertz CT molecular complexity index is 232. The van der Waals surface area contributed by atoms with Gasteiger partial charge in [0.05, 0.1) is 0 Å². The molecule has 1 saturated heterocycles. The van der Waals surface area contributed by atoms with Crippen molar-refractivity contribution in [3.05, 3.63) is 0 Å². The molecule has 1 rings (SSSR count). The first-order valence-corrected chi connectivity index (χ1v) is 4.77. The zero-order chi connectivity index (χ0) is 10.6. The topological polar surface area (TPSA) is 67.9 Å². The molecule has 0 unspecified atom stereocenters. The Labute approximate surface area is 83.9 Å². The van der Waals surface area contributed by atoms with E-state index in [1.807, 2.05) is 0 Å². The standard InChI is InChI=1S/C9H17N3O2/c1-7(11-14-2)9(13)12-5-3-8(10)4-6-12/h8H,3-6,10H2,1-2H3. The highest BCUT2D eigenvalue weighted by atomic mass is 16.6. The van der Waals surface area contributed by atoms with E-state index >= 15 is 0 Å². The number of oxime groups is 1. The lowest BCUT2D eigenvalue weighted by Crippen LogP contribution is -2.45. The van der Waals surface area contributed by atoms with Crippen molar-refractivity contribution >= 4 is 11.6 Å². The Kier molecular flexibility index (Phi) is 3.88. The van der Waals surface area contributed by atoms with Crippen molar-refractivity contribution in [2.24, 2.45) is 10.9 Å². The second-order valence-corrected chi connectivity index (χ2v) is 3.49. The molecule has 0 bridgehead atoms. The molecule has 1 amide bonds. The summed E-state index contributed by atoms with van der Waals surface area (Å²) >= 11 is 0. The zero-order valence-electron chi connectivity index (χ0n) is 8.69. The molecule has 80 valence electrons. The lowest BCUT2D eigenvalue weighted by molar-refractivity contribution is -0.125. The minimum atomic E-state index is -0.0567. The second kappa shape index (κ2) is 4.95. The lowest BCUT2D eigenvalue weighted by atomic mass is 10.1. The maximum atomic E-state index is 11.7. The lowest BCUT2D eigenvalue weighted by Gasteiger charge is -2.29. The first-order chi connectivity index (χ1) is 6.65. The normalized spacial score (nSPS) is 19.6. The van der Waals surface area contributed by atoms with Gasteiger partial charge in [0.15, 0.2) is 0 Å². The summed E-state index contributed by atoms with van der Waals surface area (Å²) in [6.45, 7) is 3.09. The van der Waals surface area contributed by atoms with Gasteiger partial charge in [-0.15, -0.1) is 0 Å². The van der Waals surface area contributed by atoms with Crippen LogP contribution < -0.4 is 5.73 Å². The van der Waals surface area contributed by atoms with Crippen molar-refractivity contribution in [3.63, 3.8) is 0 Å². The van der Waals surface area contributed by atoms with Gasteiger partial charge < -0.3 is 15.5 Å². The molecule has 0 saturated carbocycles. The van der Waals surface area contributed by atoms with Crippen molar-refractivity contribution < 1.29 is 9.63 Å². The fraction of sp³-hybridized carbons (Fsp3) is 0.778. The average Bonchev–Trinajstić information content (AvgIpc) is 2.18. The minimum Gasteiger partial charge on any atom is -0.399 e. The smallest absolute Gasteiger partial charge is 0.271 e. The number of amides is 1. The molecule has 0 aliphatic carbocycles. The molecule has 5 nitrogen and oxygen atoms in total. The maximum absolute atomic E-state index is 11.7. The minimum absolute atomic E-state index is 0.0567. The summed E-state index contributed by atoms with van der Waals surface area (Å²) in [4.78, 5) is 18.0. The third-order valence-corrected chi connectivity index (χ3v) is 2.36. The summed E-state index contributed by atoms with van der Waals surface area (Å²) in [6.07, 6.45) is 1.73. The van der Waals surface area contributed by atoms with Crippen LogP contribution in [0.1, 0.15) is 19.8 Å². The number of rotatable bonds is 2. The van der Waals surface area contributed by atoms with Crippen LogP contribution in [-0.4, -0.2) is 42.8 Å². The molecule has 1 fully saturated rings. The van der Waals surface area contributed by atoms with E-state index in [1.165, 1.54) is 7.11 Å². The molecule has 1 heterocycles.